The van der Waals surface area contributed by atoms with Crippen LogP contribution in [-0.2, 0) is 11.2 Å². The number of aliphatic hydroxyl groups is 1. The van der Waals surface area contributed by atoms with Crippen LogP contribution in [0.15, 0.2) is 24.5 Å². The second-order valence-electron chi connectivity index (χ2n) is 5.04. The van der Waals surface area contributed by atoms with Crippen molar-refractivity contribution in [1.82, 2.24) is 15.2 Å². The molecule has 0 fully saturated rings. The molecule has 0 saturated heterocycles. The van der Waals surface area contributed by atoms with E-state index in [2.05, 4.69) is 10.3 Å². The van der Waals surface area contributed by atoms with Crippen LogP contribution in [0.5, 0.6) is 0 Å². The lowest BCUT2D eigenvalue weighted by Gasteiger charge is -2.27. The lowest BCUT2D eigenvalue weighted by molar-refractivity contribution is -0.121. The Balaban J connectivity index is 2.37. The molecule has 2 N–H and O–H groups in total. The zero-order valence-corrected chi connectivity index (χ0v) is 11.2. The van der Waals surface area contributed by atoms with Gasteiger partial charge in [-0.25, -0.2) is 0 Å². The SMILES string of the molecule is CN(C)CC(C)(O)CNC(=O)Cc1ccncc1. The lowest BCUT2D eigenvalue weighted by atomic mass is 10.1. The summed E-state index contributed by atoms with van der Waals surface area (Å²) in [5, 5.41) is 12.8. The highest BCUT2D eigenvalue weighted by Gasteiger charge is 2.21. The molecule has 0 aliphatic rings. The monoisotopic (exact) mass is 251 g/mol. The van der Waals surface area contributed by atoms with Crippen molar-refractivity contribution in [3.05, 3.63) is 30.1 Å². The summed E-state index contributed by atoms with van der Waals surface area (Å²) in [5.41, 5.74) is -0.00743. The lowest BCUT2D eigenvalue weighted by Crippen LogP contribution is -2.47. The van der Waals surface area contributed by atoms with Crippen molar-refractivity contribution in [2.75, 3.05) is 27.2 Å². The van der Waals surface area contributed by atoms with Gasteiger partial charge in [-0.2, -0.15) is 0 Å². The average molecular weight is 251 g/mol. The number of pyridine rings is 1. The number of rotatable bonds is 6. The van der Waals surface area contributed by atoms with Gasteiger partial charge in [-0.1, -0.05) is 0 Å². The molecule has 1 aromatic heterocycles. The third-order valence-electron chi connectivity index (χ3n) is 2.44. The first-order valence-corrected chi connectivity index (χ1v) is 5.92. The molecule has 0 aromatic carbocycles. The van der Waals surface area contributed by atoms with E-state index in [1.807, 2.05) is 19.0 Å². The minimum atomic E-state index is -0.919. The first kappa shape index (κ1) is 14.6. The number of aromatic nitrogens is 1. The quantitative estimate of drug-likeness (QED) is 0.750. The highest BCUT2D eigenvalue weighted by Crippen LogP contribution is 2.03. The summed E-state index contributed by atoms with van der Waals surface area (Å²) in [6, 6.07) is 3.61. The van der Waals surface area contributed by atoms with Gasteiger partial charge in [-0.15, -0.1) is 0 Å². The molecule has 0 spiro atoms. The maximum absolute atomic E-state index is 11.7. The molecule has 1 heterocycles. The molecule has 0 radical (unpaired) electrons. The van der Waals surface area contributed by atoms with Gasteiger partial charge in [-0.05, 0) is 38.7 Å². The Bertz CT molecular complexity index is 377. The van der Waals surface area contributed by atoms with E-state index in [0.29, 0.717) is 13.0 Å². The highest BCUT2D eigenvalue weighted by atomic mass is 16.3. The zero-order valence-electron chi connectivity index (χ0n) is 11.2. The van der Waals surface area contributed by atoms with Crippen molar-refractivity contribution >= 4 is 5.91 Å². The van der Waals surface area contributed by atoms with Gasteiger partial charge >= 0.3 is 0 Å². The standard InChI is InChI=1S/C13H21N3O2/c1-13(18,10-16(2)3)9-15-12(17)8-11-4-6-14-7-5-11/h4-7,18H,8-10H2,1-3H3,(H,15,17). The topological polar surface area (TPSA) is 65.5 Å². The van der Waals surface area contributed by atoms with Crippen LogP contribution in [0.1, 0.15) is 12.5 Å². The normalized spacial score (nSPS) is 14.3. The summed E-state index contributed by atoms with van der Waals surface area (Å²) in [7, 11) is 3.76. The van der Waals surface area contributed by atoms with Crippen LogP contribution < -0.4 is 5.32 Å². The van der Waals surface area contributed by atoms with Crippen molar-refractivity contribution in [2.45, 2.75) is 18.9 Å². The second kappa shape index (κ2) is 6.47. The summed E-state index contributed by atoms with van der Waals surface area (Å²) in [6.07, 6.45) is 3.62. The third kappa shape index (κ3) is 5.75. The fourth-order valence-electron chi connectivity index (χ4n) is 1.77. The van der Waals surface area contributed by atoms with Gasteiger partial charge in [0.05, 0.1) is 12.0 Å². The molecule has 1 aromatic rings. The van der Waals surface area contributed by atoms with Crippen molar-refractivity contribution in [1.29, 1.82) is 0 Å². The Morgan fingerprint density at radius 3 is 2.61 bits per heavy atom. The van der Waals surface area contributed by atoms with E-state index in [4.69, 9.17) is 0 Å². The van der Waals surface area contributed by atoms with Gasteiger partial charge in [0.15, 0.2) is 0 Å². The van der Waals surface area contributed by atoms with Crippen LogP contribution in [0.25, 0.3) is 0 Å². The molecule has 100 valence electrons. The van der Waals surface area contributed by atoms with E-state index >= 15 is 0 Å². The van der Waals surface area contributed by atoms with E-state index in [1.54, 1.807) is 31.5 Å². The molecule has 5 heteroatoms. The van der Waals surface area contributed by atoms with Crippen molar-refractivity contribution in [2.24, 2.45) is 0 Å². The molecule has 1 amide bonds. The van der Waals surface area contributed by atoms with E-state index in [-0.39, 0.29) is 12.5 Å². The number of nitrogens with zero attached hydrogens (tertiary/aromatic N) is 2. The molecule has 0 aliphatic carbocycles. The van der Waals surface area contributed by atoms with Gasteiger partial charge in [0.25, 0.3) is 0 Å². The van der Waals surface area contributed by atoms with Crippen molar-refractivity contribution < 1.29 is 9.90 Å². The molecule has 1 rings (SSSR count). The highest BCUT2D eigenvalue weighted by molar-refractivity contribution is 5.78. The molecule has 1 unspecified atom stereocenters. The molecular formula is C13H21N3O2. The minimum absolute atomic E-state index is 0.0970. The number of carbonyl (C=O) groups excluding carboxylic acids is 1. The predicted molar refractivity (Wildman–Crippen MR) is 70.1 cm³/mol. The van der Waals surface area contributed by atoms with Crippen LogP contribution in [-0.4, -0.2) is 53.7 Å². The van der Waals surface area contributed by atoms with Gasteiger partial charge in [0.2, 0.25) is 5.91 Å². The van der Waals surface area contributed by atoms with E-state index in [9.17, 15) is 9.90 Å². The fourth-order valence-corrected chi connectivity index (χ4v) is 1.77. The van der Waals surface area contributed by atoms with Gasteiger partial charge in [0.1, 0.15) is 0 Å². The van der Waals surface area contributed by atoms with Crippen molar-refractivity contribution in [3.63, 3.8) is 0 Å². The number of carbonyl (C=O) groups is 1. The molecule has 5 nitrogen and oxygen atoms in total. The third-order valence-corrected chi connectivity index (χ3v) is 2.44. The Labute approximate surface area is 108 Å². The second-order valence-corrected chi connectivity index (χ2v) is 5.04. The minimum Gasteiger partial charge on any atom is -0.387 e. The first-order valence-electron chi connectivity index (χ1n) is 5.92. The number of likely N-dealkylation sites (N-methyl/N-ethyl adjacent to an activating group) is 1. The summed E-state index contributed by atoms with van der Waals surface area (Å²) in [5.74, 6) is -0.0970. The molecule has 0 bridgehead atoms. The Kier molecular flexibility index (Phi) is 5.25. The number of nitrogens with one attached hydrogen (secondary N) is 1. The molecule has 0 saturated carbocycles. The number of hydrogen-bond donors (Lipinski definition) is 2. The van der Waals surface area contributed by atoms with Crippen LogP contribution in [0, 0.1) is 0 Å². The number of amides is 1. The van der Waals surface area contributed by atoms with E-state index in [1.165, 1.54) is 0 Å². The first-order chi connectivity index (χ1) is 8.39. The molecule has 18 heavy (non-hydrogen) atoms. The fraction of sp³-hybridized carbons (Fsp3) is 0.538. The Morgan fingerprint density at radius 1 is 1.44 bits per heavy atom. The largest absolute Gasteiger partial charge is 0.387 e. The van der Waals surface area contributed by atoms with Gasteiger partial charge in [-0.3, -0.25) is 9.78 Å². The van der Waals surface area contributed by atoms with E-state index in [0.717, 1.165) is 5.56 Å². The smallest absolute Gasteiger partial charge is 0.224 e. The summed E-state index contributed by atoms with van der Waals surface area (Å²) < 4.78 is 0. The van der Waals surface area contributed by atoms with Crippen LogP contribution in [0.2, 0.25) is 0 Å². The zero-order chi connectivity index (χ0) is 13.6. The summed E-state index contributed by atoms with van der Waals surface area (Å²) >= 11 is 0. The summed E-state index contributed by atoms with van der Waals surface area (Å²) in [6.45, 7) is 2.46. The summed E-state index contributed by atoms with van der Waals surface area (Å²) in [4.78, 5) is 17.5. The molecule has 1 atom stereocenters. The van der Waals surface area contributed by atoms with Gasteiger partial charge in [0, 0.05) is 25.5 Å². The van der Waals surface area contributed by atoms with Crippen LogP contribution >= 0.6 is 0 Å². The maximum Gasteiger partial charge on any atom is 0.224 e. The van der Waals surface area contributed by atoms with Crippen LogP contribution in [0.4, 0.5) is 0 Å². The maximum atomic E-state index is 11.7. The molecule has 0 aliphatic heterocycles. The van der Waals surface area contributed by atoms with E-state index < -0.39 is 5.60 Å². The Morgan fingerprint density at radius 2 is 2.06 bits per heavy atom. The van der Waals surface area contributed by atoms with Gasteiger partial charge < -0.3 is 15.3 Å². The van der Waals surface area contributed by atoms with Crippen LogP contribution in [0.3, 0.4) is 0 Å². The number of hydrogen-bond acceptors (Lipinski definition) is 4. The Hall–Kier alpha value is -1.46. The average Bonchev–Trinajstić information content (AvgIpc) is 2.26. The van der Waals surface area contributed by atoms with Crippen molar-refractivity contribution in [3.8, 4) is 0 Å². The predicted octanol–water partition coefficient (Wildman–Crippen LogP) is 0.0529. The molecular weight excluding hydrogens is 230 g/mol.